The predicted molar refractivity (Wildman–Crippen MR) is 87.9 cm³/mol. The average molecular weight is 310 g/mol. The zero-order valence-corrected chi connectivity index (χ0v) is 12.8. The predicted octanol–water partition coefficient (Wildman–Crippen LogP) is 1.88. The van der Waals surface area contributed by atoms with Gasteiger partial charge < -0.3 is 20.0 Å². The number of aromatic nitrogens is 3. The maximum atomic E-state index is 12.5. The molecule has 0 radical (unpaired) electrons. The molecule has 0 spiro atoms. The number of rotatable bonds is 3. The minimum Gasteiger partial charge on any atom is -0.494 e. The Kier molecular flexibility index (Phi) is 3.38. The van der Waals surface area contributed by atoms with Gasteiger partial charge in [-0.25, -0.2) is 4.98 Å². The molecule has 118 valence electrons. The number of nitrogens with zero attached hydrogens (tertiary/aromatic N) is 1. The molecule has 1 aliphatic heterocycles. The number of hydrogen-bond acceptors (Lipinski definition) is 4. The van der Waals surface area contributed by atoms with Crippen molar-refractivity contribution in [3.63, 3.8) is 0 Å². The first-order chi connectivity index (χ1) is 11.3. The van der Waals surface area contributed by atoms with Gasteiger partial charge in [0.2, 0.25) is 0 Å². The molecule has 4 rings (SSSR count). The van der Waals surface area contributed by atoms with E-state index >= 15 is 0 Å². The van der Waals surface area contributed by atoms with E-state index in [2.05, 4.69) is 20.3 Å². The molecule has 0 unspecified atom stereocenters. The molecule has 23 heavy (non-hydrogen) atoms. The SMILES string of the molecule is CCOc1ccc2[nH]c(=O)c([C@H]3NCCc4[nH]cnc43)cc2c1. The van der Waals surface area contributed by atoms with Crippen LogP contribution in [0.25, 0.3) is 10.9 Å². The van der Waals surface area contributed by atoms with Crippen molar-refractivity contribution < 1.29 is 4.74 Å². The van der Waals surface area contributed by atoms with E-state index in [-0.39, 0.29) is 11.6 Å². The van der Waals surface area contributed by atoms with Gasteiger partial charge in [0.05, 0.1) is 24.7 Å². The third-order valence-corrected chi connectivity index (χ3v) is 4.21. The molecule has 2 aromatic heterocycles. The lowest BCUT2D eigenvalue weighted by molar-refractivity contribution is 0.340. The van der Waals surface area contributed by atoms with Crippen molar-refractivity contribution in [3.05, 3.63) is 57.9 Å². The molecule has 0 fully saturated rings. The maximum absolute atomic E-state index is 12.5. The average Bonchev–Trinajstić information content (AvgIpc) is 3.03. The summed E-state index contributed by atoms with van der Waals surface area (Å²) in [5, 5.41) is 4.34. The smallest absolute Gasteiger partial charge is 0.253 e. The van der Waals surface area contributed by atoms with Crippen LogP contribution in [0, 0.1) is 0 Å². The summed E-state index contributed by atoms with van der Waals surface area (Å²) in [7, 11) is 0. The lowest BCUT2D eigenvalue weighted by Crippen LogP contribution is -2.34. The summed E-state index contributed by atoms with van der Waals surface area (Å²) in [5.41, 5.74) is 3.40. The van der Waals surface area contributed by atoms with Gasteiger partial charge in [-0.05, 0) is 31.2 Å². The van der Waals surface area contributed by atoms with Crippen LogP contribution in [0.5, 0.6) is 5.75 Å². The summed E-state index contributed by atoms with van der Waals surface area (Å²) in [6.07, 6.45) is 2.58. The van der Waals surface area contributed by atoms with Crippen LogP contribution in [0.4, 0.5) is 0 Å². The van der Waals surface area contributed by atoms with Gasteiger partial charge in [0, 0.05) is 35.1 Å². The van der Waals surface area contributed by atoms with Crippen molar-refractivity contribution in [2.75, 3.05) is 13.2 Å². The Morgan fingerprint density at radius 1 is 1.35 bits per heavy atom. The van der Waals surface area contributed by atoms with Crippen molar-refractivity contribution in [1.82, 2.24) is 20.3 Å². The van der Waals surface area contributed by atoms with Crippen LogP contribution in [0.1, 0.15) is 29.9 Å². The molecule has 0 amide bonds. The molecule has 3 N–H and O–H groups in total. The second-order valence-corrected chi connectivity index (χ2v) is 5.64. The molecule has 1 aromatic carbocycles. The number of ether oxygens (including phenoxy) is 1. The largest absolute Gasteiger partial charge is 0.494 e. The first-order valence-corrected chi connectivity index (χ1v) is 7.81. The Bertz CT molecular complexity index is 912. The van der Waals surface area contributed by atoms with Crippen molar-refractivity contribution in [2.45, 2.75) is 19.4 Å². The van der Waals surface area contributed by atoms with Crippen LogP contribution in [-0.4, -0.2) is 28.1 Å². The molecule has 6 heteroatoms. The Balaban J connectivity index is 1.84. The second kappa shape index (κ2) is 5.55. The first kappa shape index (κ1) is 14.0. The third-order valence-electron chi connectivity index (χ3n) is 4.21. The molecular formula is C17H18N4O2. The van der Waals surface area contributed by atoms with E-state index in [9.17, 15) is 4.79 Å². The van der Waals surface area contributed by atoms with E-state index in [1.54, 1.807) is 6.33 Å². The van der Waals surface area contributed by atoms with Gasteiger partial charge >= 0.3 is 0 Å². The van der Waals surface area contributed by atoms with E-state index in [1.165, 1.54) is 0 Å². The number of fused-ring (bicyclic) bond motifs is 2. The highest BCUT2D eigenvalue weighted by atomic mass is 16.5. The van der Waals surface area contributed by atoms with Gasteiger partial charge in [-0.15, -0.1) is 0 Å². The molecule has 0 bridgehead atoms. The summed E-state index contributed by atoms with van der Waals surface area (Å²) >= 11 is 0. The standard InChI is InChI=1S/C17H18N4O2/c1-2-23-11-3-4-13-10(7-11)8-12(17(22)21-13)15-16-14(5-6-18-15)19-9-20-16/h3-4,7-9,15,18H,2,5-6H2,1H3,(H,19,20)(H,21,22)/t15-/m1/s1. The minimum absolute atomic E-state index is 0.0880. The van der Waals surface area contributed by atoms with Crippen LogP contribution in [0.2, 0.25) is 0 Å². The van der Waals surface area contributed by atoms with Crippen LogP contribution in [0.15, 0.2) is 35.4 Å². The molecule has 1 atom stereocenters. The molecule has 0 saturated carbocycles. The number of pyridine rings is 1. The maximum Gasteiger partial charge on any atom is 0.253 e. The van der Waals surface area contributed by atoms with Crippen molar-refractivity contribution in [3.8, 4) is 5.75 Å². The fourth-order valence-electron chi connectivity index (χ4n) is 3.15. The minimum atomic E-state index is -0.186. The number of H-pyrrole nitrogens is 2. The summed E-state index contributed by atoms with van der Waals surface area (Å²) in [6.45, 7) is 3.38. The molecule has 1 aliphatic rings. The first-order valence-electron chi connectivity index (χ1n) is 7.81. The Morgan fingerprint density at radius 2 is 2.26 bits per heavy atom. The Labute approximate surface area is 132 Å². The van der Waals surface area contributed by atoms with E-state index in [0.717, 1.165) is 41.0 Å². The molecular weight excluding hydrogens is 292 g/mol. The summed E-state index contributed by atoms with van der Waals surface area (Å²) in [5.74, 6) is 0.801. The Hall–Kier alpha value is -2.60. The Morgan fingerprint density at radius 3 is 3.13 bits per heavy atom. The molecule has 3 aromatic rings. The van der Waals surface area contributed by atoms with E-state index in [0.29, 0.717) is 12.2 Å². The zero-order chi connectivity index (χ0) is 15.8. The lowest BCUT2D eigenvalue weighted by Gasteiger charge is -2.23. The topological polar surface area (TPSA) is 82.8 Å². The molecule has 6 nitrogen and oxygen atoms in total. The van der Waals surface area contributed by atoms with Gasteiger partial charge in [0.1, 0.15) is 5.75 Å². The van der Waals surface area contributed by atoms with E-state index in [4.69, 9.17) is 4.74 Å². The van der Waals surface area contributed by atoms with Crippen LogP contribution >= 0.6 is 0 Å². The van der Waals surface area contributed by atoms with Gasteiger partial charge in [-0.1, -0.05) is 0 Å². The quantitative estimate of drug-likeness (QED) is 0.690. The normalized spacial score (nSPS) is 17.2. The van der Waals surface area contributed by atoms with Crippen LogP contribution in [0.3, 0.4) is 0 Å². The van der Waals surface area contributed by atoms with Gasteiger partial charge in [0.25, 0.3) is 5.56 Å². The summed E-state index contributed by atoms with van der Waals surface area (Å²) in [4.78, 5) is 23.0. The summed E-state index contributed by atoms with van der Waals surface area (Å²) in [6, 6.07) is 7.44. The van der Waals surface area contributed by atoms with Gasteiger partial charge in [0.15, 0.2) is 0 Å². The third kappa shape index (κ3) is 2.41. The number of benzene rings is 1. The number of imidazole rings is 1. The molecule has 0 aliphatic carbocycles. The van der Waals surface area contributed by atoms with Crippen molar-refractivity contribution in [2.24, 2.45) is 0 Å². The molecule has 3 heterocycles. The molecule has 0 saturated heterocycles. The lowest BCUT2D eigenvalue weighted by atomic mass is 9.98. The fourth-order valence-corrected chi connectivity index (χ4v) is 3.15. The number of hydrogen-bond donors (Lipinski definition) is 3. The van der Waals surface area contributed by atoms with Crippen LogP contribution < -0.4 is 15.6 Å². The fraction of sp³-hybridized carbons (Fsp3) is 0.294. The highest BCUT2D eigenvalue weighted by molar-refractivity contribution is 5.80. The summed E-state index contributed by atoms with van der Waals surface area (Å²) < 4.78 is 5.55. The van der Waals surface area contributed by atoms with Crippen molar-refractivity contribution in [1.29, 1.82) is 0 Å². The van der Waals surface area contributed by atoms with E-state index < -0.39 is 0 Å². The van der Waals surface area contributed by atoms with E-state index in [1.807, 2.05) is 31.2 Å². The monoisotopic (exact) mass is 310 g/mol. The number of nitrogens with one attached hydrogen (secondary N) is 3. The highest BCUT2D eigenvalue weighted by Gasteiger charge is 2.26. The second-order valence-electron chi connectivity index (χ2n) is 5.64. The highest BCUT2D eigenvalue weighted by Crippen LogP contribution is 2.26. The number of aromatic amines is 2. The van der Waals surface area contributed by atoms with Crippen molar-refractivity contribution >= 4 is 10.9 Å². The van der Waals surface area contributed by atoms with Crippen LogP contribution in [-0.2, 0) is 6.42 Å². The zero-order valence-electron chi connectivity index (χ0n) is 12.8. The van der Waals surface area contributed by atoms with Gasteiger partial charge in [-0.2, -0.15) is 0 Å². The van der Waals surface area contributed by atoms with Gasteiger partial charge in [-0.3, -0.25) is 4.79 Å².